The van der Waals surface area contributed by atoms with Crippen LogP contribution in [0.4, 0.5) is 0 Å². The first kappa shape index (κ1) is 10.2. The van der Waals surface area contributed by atoms with E-state index >= 15 is 0 Å². The van der Waals surface area contributed by atoms with Crippen molar-refractivity contribution in [1.29, 1.82) is 0 Å². The normalized spacial score (nSPS) is 23.5. The van der Waals surface area contributed by atoms with Crippen LogP contribution in [-0.2, 0) is 4.79 Å². The zero-order chi connectivity index (χ0) is 10.8. The molecule has 2 atom stereocenters. The average molecular weight is 208 g/mol. The largest absolute Gasteiger partial charge is 0.344 e. The van der Waals surface area contributed by atoms with E-state index in [2.05, 4.69) is 15.5 Å². The van der Waals surface area contributed by atoms with Crippen molar-refractivity contribution in [3.63, 3.8) is 0 Å². The first-order chi connectivity index (χ1) is 7.18. The molecule has 1 aliphatic heterocycles. The van der Waals surface area contributed by atoms with E-state index in [4.69, 9.17) is 0 Å². The topological polar surface area (TPSA) is 61.0 Å². The standard InChI is InChI=1S/C10H16N4O/c1-7(8-3-5-11-13-8)12-9-4-6-14(2)10(9)15/h3,5,7,9,12H,4,6H2,1-2H3,(H,11,13). The van der Waals surface area contributed by atoms with E-state index in [1.165, 1.54) is 0 Å². The van der Waals surface area contributed by atoms with Crippen molar-refractivity contribution in [3.8, 4) is 0 Å². The van der Waals surface area contributed by atoms with Crippen LogP contribution in [0.25, 0.3) is 0 Å². The molecule has 1 amide bonds. The van der Waals surface area contributed by atoms with Crippen molar-refractivity contribution in [1.82, 2.24) is 20.4 Å². The summed E-state index contributed by atoms with van der Waals surface area (Å²) in [7, 11) is 1.84. The second kappa shape index (κ2) is 4.02. The van der Waals surface area contributed by atoms with Gasteiger partial charge in [-0.2, -0.15) is 5.10 Å². The predicted molar refractivity (Wildman–Crippen MR) is 56.2 cm³/mol. The van der Waals surface area contributed by atoms with Crippen molar-refractivity contribution in [3.05, 3.63) is 18.0 Å². The number of carbonyl (C=O) groups excluding carboxylic acids is 1. The lowest BCUT2D eigenvalue weighted by Gasteiger charge is -2.17. The Labute approximate surface area is 88.8 Å². The van der Waals surface area contributed by atoms with Crippen molar-refractivity contribution < 1.29 is 4.79 Å². The second-order valence-corrected chi connectivity index (χ2v) is 4.00. The van der Waals surface area contributed by atoms with Gasteiger partial charge in [0.25, 0.3) is 0 Å². The fraction of sp³-hybridized carbons (Fsp3) is 0.600. The predicted octanol–water partition coefficient (Wildman–Crippen LogP) is 0.291. The lowest BCUT2D eigenvalue weighted by molar-refractivity contribution is -0.128. The number of nitrogens with one attached hydrogen (secondary N) is 2. The highest BCUT2D eigenvalue weighted by atomic mass is 16.2. The van der Waals surface area contributed by atoms with Gasteiger partial charge in [-0.1, -0.05) is 0 Å². The molecule has 0 aromatic carbocycles. The van der Waals surface area contributed by atoms with Gasteiger partial charge in [0.1, 0.15) is 0 Å². The molecule has 5 nitrogen and oxygen atoms in total. The number of likely N-dealkylation sites (N-methyl/N-ethyl adjacent to an activating group) is 1. The summed E-state index contributed by atoms with van der Waals surface area (Å²) in [5.41, 5.74) is 1.01. The molecule has 0 aliphatic carbocycles. The van der Waals surface area contributed by atoms with Gasteiger partial charge in [-0.15, -0.1) is 0 Å². The Morgan fingerprint density at radius 1 is 1.73 bits per heavy atom. The molecular formula is C10H16N4O. The molecule has 1 fully saturated rings. The maximum Gasteiger partial charge on any atom is 0.239 e. The van der Waals surface area contributed by atoms with E-state index in [-0.39, 0.29) is 18.0 Å². The summed E-state index contributed by atoms with van der Waals surface area (Å²) in [5, 5.41) is 10.1. The van der Waals surface area contributed by atoms with E-state index in [0.717, 1.165) is 18.7 Å². The molecule has 1 aromatic rings. The van der Waals surface area contributed by atoms with E-state index in [9.17, 15) is 4.79 Å². The Morgan fingerprint density at radius 2 is 2.53 bits per heavy atom. The number of likely N-dealkylation sites (tertiary alicyclic amines) is 1. The summed E-state index contributed by atoms with van der Waals surface area (Å²) in [6.45, 7) is 2.87. The summed E-state index contributed by atoms with van der Waals surface area (Å²) < 4.78 is 0. The Bertz CT molecular complexity index is 335. The zero-order valence-electron chi connectivity index (χ0n) is 9.03. The summed E-state index contributed by atoms with van der Waals surface area (Å²) in [6, 6.07) is 2.00. The van der Waals surface area contributed by atoms with Crippen LogP contribution in [0.5, 0.6) is 0 Å². The molecule has 0 radical (unpaired) electrons. The number of H-pyrrole nitrogens is 1. The SMILES string of the molecule is CC(NC1CCN(C)C1=O)c1ccn[nH]1. The van der Waals surface area contributed by atoms with Crippen LogP contribution in [0.15, 0.2) is 12.3 Å². The van der Waals surface area contributed by atoms with Gasteiger partial charge in [0.15, 0.2) is 0 Å². The number of hydrogen-bond acceptors (Lipinski definition) is 3. The molecule has 2 rings (SSSR count). The van der Waals surface area contributed by atoms with Gasteiger partial charge in [0.2, 0.25) is 5.91 Å². The minimum absolute atomic E-state index is 0.0479. The first-order valence-electron chi connectivity index (χ1n) is 5.19. The molecule has 2 N–H and O–H groups in total. The van der Waals surface area contributed by atoms with Gasteiger partial charge in [-0.25, -0.2) is 0 Å². The van der Waals surface area contributed by atoms with E-state index in [1.54, 1.807) is 11.1 Å². The third-order valence-electron chi connectivity index (χ3n) is 2.87. The lowest BCUT2D eigenvalue weighted by Crippen LogP contribution is -2.38. The highest BCUT2D eigenvalue weighted by Crippen LogP contribution is 2.14. The average Bonchev–Trinajstić information content (AvgIpc) is 2.83. The fourth-order valence-electron chi connectivity index (χ4n) is 1.88. The highest BCUT2D eigenvalue weighted by molar-refractivity contribution is 5.83. The molecule has 15 heavy (non-hydrogen) atoms. The summed E-state index contributed by atoms with van der Waals surface area (Å²) >= 11 is 0. The van der Waals surface area contributed by atoms with Crippen LogP contribution in [0.2, 0.25) is 0 Å². The van der Waals surface area contributed by atoms with Crippen molar-refractivity contribution in [2.24, 2.45) is 0 Å². The smallest absolute Gasteiger partial charge is 0.239 e. The van der Waals surface area contributed by atoms with Gasteiger partial charge in [0, 0.05) is 25.8 Å². The minimum atomic E-state index is -0.0479. The van der Waals surface area contributed by atoms with Gasteiger partial charge < -0.3 is 4.90 Å². The molecule has 2 heterocycles. The quantitative estimate of drug-likeness (QED) is 0.750. The molecule has 5 heteroatoms. The van der Waals surface area contributed by atoms with E-state index in [1.807, 2.05) is 20.0 Å². The summed E-state index contributed by atoms with van der Waals surface area (Å²) in [4.78, 5) is 13.4. The Morgan fingerprint density at radius 3 is 3.07 bits per heavy atom. The Kier molecular flexibility index (Phi) is 2.73. The van der Waals surface area contributed by atoms with Crippen LogP contribution < -0.4 is 5.32 Å². The number of nitrogens with zero attached hydrogens (tertiary/aromatic N) is 2. The van der Waals surface area contributed by atoms with Crippen LogP contribution in [-0.4, -0.2) is 40.6 Å². The molecule has 0 saturated carbocycles. The van der Waals surface area contributed by atoms with Crippen molar-refractivity contribution in [2.75, 3.05) is 13.6 Å². The van der Waals surface area contributed by atoms with Crippen molar-refractivity contribution >= 4 is 5.91 Å². The Hall–Kier alpha value is -1.36. The van der Waals surface area contributed by atoms with Crippen molar-refractivity contribution in [2.45, 2.75) is 25.4 Å². The molecule has 1 aliphatic rings. The van der Waals surface area contributed by atoms with E-state index in [0.29, 0.717) is 0 Å². The number of hydrogen-bond donors (Lipinski definition) is 2. The van der Waals surface area contributed by atoms with Crippen LogP contribution in [0.3, 0.4) is 0 Å². The monoisotopic (exact) mass is 208 g/mol. The molecule has 82 valence electrons. The Balaban J connectivity index is 1.95. The van der Waals surface area contributed by atoms with Gasteiger partial charge in [-0.3, -0.25) is 15.2 Å². The van der Waals surface area contributed by atoms with Gasteiger partial charge in [0.05, 0.1) is 11.7 Å². The minimum Gasteiger partial charge on any atom is -0.344 e. The fourth-order valence-corrected chi connectivity index (χ4v) is 1.88. The van der Waals surface area contributed by atoms with E-state index < -0.39 is 0 Å². The van der Waals surface area contributed by atoms with Gasteiger partial charge in [-0.05, 0) is 19.4 Å². The number of aromatic nitrogens is 2. The summed E-state index contributed by atoms with van der Waals surface area (Å²) in [5.74, 6) is 0.182. The highest BCUT2D eigenvalue weighted by Gasteiger charge is 2.30. The van der Waals surface area contributed by atoms with Crippen LogP contribution >= 0.6 is 0 Å². The molecule has 0 spiro atoms. The van der Waals surface area contributed by atoms with Crippen LogP contribution in [0.1, 0.15) is 25.1 Å². The number of rotatable bonds is 3. The lowest BCUT2D eigenvalue weighted by atomic mass is 10.2. The number of amides is 1. The van der Waals surface area contributed by atoms with Crippen LogP contribution in [0, 0.1) is 0 Å². The van der Waals surface area contributed by atoms with Gasteiger partial charge >= 0.3 is 0 Å². The first-order valence-corrected chi connectivity index (χ1v) is 5.19. The molecule has 0 bridgehead atoms. The number of aromatic amines is 1. The molecular weight excluding hydrogens is 192 g/mol. The number of carbonyl (C=O) groups is 1. The molecule has 1 aromatic heterocycles. The maximum atomic E-state index is 11.6. The molecule has 2 unspecified atom stereocenters. The molecule has 1 saturated heterocycles. The third kappa shape index (κ3) is 2.02. The second-order valence-electron chi connectivity index (χ2n) is 4.00. The summed E-state index contributed by atoms with van der Waals surface area (Å²) in [6.07, 6.45) is 2.60. The zero-order valence-corrected chi connectivity index (χ0v) is 9.03. The third-order valence-corrected chi connectivity index (χ3v) is 2.87. The maximum absolute atomic E-state index is 11.6.